The van der Waals surface area contributed by atoms with Crippen molar-refractivity contribution in [3.05, 3.63) is 48.0 Å². The van der Waals surface area contributed by atoms with E-state index in [9.17, 15) is 0 Å². The quantitative estimate of drug-likeness (QED) is 0.749. The number of hydrogen-bond acceptors (Lipinski definition) is 7. The van der Waals surface area contributed by atoms with Crippen LogP contribution in [0.5, 0.6) is 0 Å². The van der Waals surface area contributed by atoms with Crippen LogP contribution in [0.15, 0.2) is 42.5 Å². The number of hydrogen-bond donors (Lipinski definition) is 1. The first-order valence-corrected chi connectivity index (χ1v) is 8.05. The summed E-state index contributed by atoms with van der Waals surface area (Å²) in [5, 5.41) is 19.3. The second kappa shape index (κ2) is 6.90. The molecule has 24 heavy (non-hydrogen) atoms. The second-order valence-electron chi connectivity index (χ2n) is 5.77. The van der Waals surface area contributed by atoms with Crippen LogP contribution in [0.4, 0.5) is 5.82 Å². The Morgan fingerprint density at radius 2 is 1.92 bits per heavy atom. The van der Waals surface area contributed by atoms with Crippen LogP contribution >= 0.6 is 0 Å². The molecule has 0 amide bonds. The fraction of sp³-hybridized carbons (Fsp3) is 0.375. The molecule has 0 bridgehead atoms. The van der Waals surface area contributed by atoms with Crippen LogP contribution < -0.4 is 5.32 Å². The van der Waals surface area contributed by atoms with Crippen LogP contribution in [0.1, 0.15) is 11.6 Å². The molecule has 4 rings (SSSR count). The number of nitrogens with zero attached hydrogens (tertiary/aromatic N) is 6. The van der Waals surface area contributed by atoms with Crippen molar-refractivity contribution in [2.45, 2.75) is 6.04 Å². The van der Waals surface area contributed by atoms with Crippen molar-refractivity contribution >= 4 is 11.5 Å². The largest absolute Gasteiger partial charge is 0.379 e. The maximum atomic E-state index is 5.44. The number of rotatable bonds is 5. The lowest BCUT2D eigenvalue weighted by molar-refractivity contribution is 0.0360. The van der Waals surface area contributed by atoms with E-state index in [1.165, 1.54) is 10.2 Å². The minimum atomic E-state index is 0.130. The molecule has 124 valence electrons. The Bertz CT molecular complexity index is 785. The van der Waals surface area contributed by atoms with Crippen LogP contribution in [-0.4, -0.2) is 63.0 Å². The summed E-state index contributed by atoms with van der Waals surface area (Å²) >= 11 is 0. The first-order valence-electron chi connectivity index (χ1n) is 8.05. The summed E-state index contributed by atoms with van der Waals surface area (Å²) in [6.45, 7) is 4.37. The van der Waals surface area contributed by atoms with Gasteiger partial charge in [0.05, 0.1) is 19.3 Å². The molecule has 1 saturated heterocycles. The van der Waals surface area contributed by atoms with Crippen LogP contribution in [0.25, 0.3) is 5.65 Å². The Hall–Kier alpha value is -2.58. The SMILES string of the molecule is c1ccc([C@H](CN2CCOCC2)Nc2ccc3nnnn3n2)cc1. The van der Waals surface area contributed by atoms with Gasteiger partial charge in [-0.1, -0.05) is 30.3 Å². The molecule has 3 aromatic rings. The van der Waals surface area contributed by atoms with Crippen molar-refractivity contribution in [1.29, 1.82) is 0 Å². The molecule has 1 aliphatic heterocycles. The lowest BCUT2D eigenvalue weighted by Crippen LogP contribution is -2.40. The minimum absolute atomic E-state index is 0.130. The molecule has 0 aliphatic carbocycles. The van der Waals surface area contributed by atoms with E-state index in [0.29, 0.717) is 5.65 Å². The molecule has 1 aliphatic rings. The summed E-state index contributed by atoms with van der Waals surface area (Å²) in [6.07, 6.45) is 0. The number of fused-ring (bicyclic) bond motifs is 1. The first-order chi connectivity index (χ1) is 11.9. The van der Waals surface area contributed by atoms with E-state index in [0.717, 1.165) is 38.7 Å². The van der Waals surface area contributed by atoms with E-state index in [2.05, 4.69) is 55.1 Å². The molecule has 1 N–H and O–H groups in total. The highest BCUT2D eigenvalue weighted by Crippen LogP contribution is 2.20. The zero-order valence-electron chi connectivity index (χ0n) is 13.2. The molecule has 0 spiro atoms. The number of anilines is 1. The molecule has 8 nitrogen and oxygen atoms in total. The van der Waals surface area contributed by atoms with Crippen molar-refractivity contribution in [3.63, 3.8) is 0 Å². The normalized spacial score (nSPS) is 17.0. The van der Waals surface area contributed by atoms with Gasteiger partial charge in [-0.3, -0.25) is 4.90 Å². The van der Waals surface area contributed by atoms with E-state index in [1.54, 1.807) is 0 Å². The van der Waals surface area contributed by atoms with E-state index >= 15 is 0 Å². The summed E-state index contributed by atoms with van der Waals surface area (Å²) in [4.78, 5) is 2.41. The highest BCUT2D eigenvalue weighted by atomic mass is 16.5. The molecule has 0 radical (unpaired) electrons. The Labute approximate surface area is 139 Å². The maximum absolute atomic E-state index is 5.44. The number of ether oxygens (including phenoxy) is 1. The van der Waals surface area contributed by atoms with Gasteiger partial charge in [0.1, 0.15) is 5.82 Å². The molecule has 1 aromatic carbocycles. The highest BCUT2D eigenvalue weighted by molar-refractivity contribution is 5.44. The molecular weight excluding hydrogens is 306 g/mol. The lowest BCUT2D eigenvalue weighted by Gasteiger charge is -2.31. The summed E-state index contributed by atoms with van der Waals surface area (Å²) in [6, 6.07) is 14.3. The van der Waals surface area contributed by atoms with Gasteiger partial charge in [-0.15, -0.1) is 14.8 Å². The van der Waals surface area contributed by atoms with Crippen molar-refractivity contribution < 1.29 is 4.74 Å². The van der Waals surface area contributed by atoms with E-state index in [-0.39, 0.29) is 6.04 Å². The number of nitrogens with one attached hydrogen (secondary N) is 1. The van der Waals surface area contributed by atoms with E-state index in [4.69, 9.17) is 4.74 Å². The molecule has 0 unspecified atom stereocenters. The van der Waals surface area contributed by atoms with E-state index in [1.807, 2.05) is 18.2 Å². The molecule has 1 fully saturated rings. The Morgan fingerprint density at radius 3 is 2.75 bits per heavy atom. The lowest BCUT2D eigenvalue weighted by atomic mass is 10.1. The van der Waals surface area contributed by atoms with Gasteiger partial charge in [0.2, 0.25) is 0 Å². The highest BCUT2D eigenvalue weighted by Gasteiger charge is 2.19. The number of tetrazole rings is 1. The van der Waals surface area contributed by atoms with Crippen LogP contribution in [0.3, 0.4) is 0 Å². The fourth-order valence-corrected chi connectivity index (χ4v) is 2.87. The summed E-state index contributed by atoms with van der Waals surface area (Å²) < 4.78 is 6.87. The summed E-state index contributed by atoms with van der Waals surface area (Å²) in [5.41, 5.74) is 1.85. The third-order valence-corrected chi connectivity index (χ3v) is 4.14. The average Bonchev–Trinajstić information content (AvgIpc) is 3.11. The van der Waals surface area contributed by atoms with Gasteiger partial charge in [0.25, 0.3) is 0 Å². The number of morpholine rings is 1. The summed E-state index contributed by atoms with van der Waals surface area (Å²) in [7, 11) is 0. The molecule has 2 aromatic heterocycles. The van der Waals surface area contributed by atoms with Gasteiger partial charge in [0, 0.05) is 19.6 Å². The topological polar surface area (TPSA) is 80.5 Å². The van der Waals surface area contributed by atoms with Crippen molar-refractivity contribution in [2.75, 3.05) is 38.2 Å². The summed E-state index contributed by atoms with van der Waals surface area (Å²) in [5.74, 6) is 0.747. The molecule has 3 heterocycles. The number of aromatic nitrogens is 5. The predicted molar refractivity (Wildman–Crippen MR) is 88.6 cm³/mol. The second-order valence-corrected chi connectivity index (χ2v) is 5.77. The molecular formula is C16H19N7O. The van der Waals surface area contributed by atoms with Gasteiger partial charge in [-0.05, 0) is 28.1 Å². The Balaban J connectivity index is 1.56. The maximum Gasteiger partial charge on any atom is 0.200 e. The van der Waals surface area contributed by atoms with Crippen LogP contribution in [-0.2, 0) is 4.74 Å². The smallest absolute Gasteiger partial charge is 0.200 e. The monoisotopic (exact) mass is 325 g/mol. The van der Waals surface area contributed by atoms with Crippen molar-refractivity contribution in [3.8, 4) is 0 Å². The predicted octanol–water partition coefficient (Wildman–Crippen LogP) is 1.00. The number of benzene rings is 1. The Morgan fingerprint density at radius 1 is 1.08 bits per heavy atom. The van der Waals surface area contributed by atoms with Gasteiger partial charge < -0.3 is 10.1 Å². The standard InChI is InChI=1S/C16H19N7O/c1-2-4-13(5-3-1)14(12-22-8-10-24-11-9-22)17-15-6-7-16-18-20-21-23(16)19-15/h1-7,14H,8-12H2,(H,17,19)/t14-/m0/s1. The average molecular weight is 325 g/mol. The van der Waals surface area contributed by atoms with Gasteiger partial charge >= 0.3 is 0 Å². The molecule has 8 heteroatoms. The molecule has 0 saturated carbocycles. The fourth-order valence-electron chi connectivity index (χ4n) is 2.87. The van der Waals surface area contributed by atoms with Gasteiger partial charge in [-0.2, -0.15) is 0 Å². The zero-order valence-corrected chi connectivity index (χ0v) is 13.2. The third kappa shape index (κ3) is 3.34. The van der Waals surface area contributed by atoms with Crippen LogP contribution in [0.2, 0.25) is 0 Å². The van der Waals surface area contributed by atoms with Crippen molar-refractivity contribution in [2.24, 2.45) is 0 Å². The van der Waals surface area contributed by atoms with Crippen molar-refractivity contribution in [1.82, 2.24) is 30.2 Å². The van der Waals surface area contributed by atoms with Gasteiger partial charge in [-0.25, -0.2) is 0 Å². The van der Waals surface area contributed by atoms with Crippen LogP contribution in [0, 0.1) is 0 Å². The first kappa shape index (κ1) is 15.0. The van der Waals surface area contributed by atoms with E-state index < -0.39 is 0 Å². The zero-order chi connectivity index (χ0) is 16.2. The minimum Gasteiger partial charge on any atom is -0.379 e. The van der Waals surface area contributed by atoms with Gasteiger partial charge in [0.15, 0.2) is 5.65 Å². The Kier molecular flexibility index (Phi) is 4.30. The molecule has 1 atom stereocenters. The third-order valence-electron chi connectivity index (χ3n) is 4.14.